The van der Waals surface area contributed by atoms with Crippen LogP contribution in [0.2, 0.25) is 0 Å². The summed E-state index contributed by atoms with van der Waals surface area (Å²) in [6.45, 7) is 1.27. The van der Waals surface area contributed by atoms with Crippen LogP contribution in [0.25, 0.3) is 0 Å². The third-order valence-corrected chi connectivity index (χ3v) is 4.31. The van der Waals surface area contributed by atoms with E-state index in [2.05, 4.69) is 5.32 Å². The lowest BCUT2D eigenvalue weighted by Crippen LogP contribution is -2.36. The van der Waals surface area contributed by atoms with Crippen molar-refractivity contribution in [3.8, 4) is 5.75 Å². The Morgan fingerprint density at radius 3 is 2.71 bits per heavy atom. The molecule has 1 fully saturated rings. The van der Waals surface area contributed by atoms with Crippen molar-refractivity contribution < 1.29 is 13.9 Å². The molecule has 1 aliphatic rings. The van der Waals surface area contributed by atoms with Gasteiger partial charge in [0, 0.05) is 12.1 Å². The first-order valence-corrected chi connectivity index (χ1v) is 7.47. The van der Waals surface area contributed by atoms with Crippen LogP contribution < -0.4 is 15.8 Å². The number of nitrogens with two attached hydrogens (primary N) is 1. The molecule has 2 unspecified atom stereocenters. The predicted octanol–water partition coefficient (Wildman–Crippen LogP) is 2.33. The average molecular weight is 294 g/mol. The van der Waals surface area contributed by atoms with Crippen LogP contribution in [-0.2, 0) is 0 Å². The van der Waals surface area contributed by atoms with E-state index in [0.29, 0.717) is 30.5 Å². The maximum Gasteiger partial charge on any atom is 0.251 e. The Labute approximate surface area is 124 Å². The number of carbonyl (C=O) groups is 1. The summed E-state index contributed by atoms with van der Waals surface area (Å²) in [5.74, 6) is 0.269. The smallest absolute Gasteiger partial charge is 0.251 e. The van der Waals surface area contributed by atoms with Crippen molar-refractivity contribution in [2.75, 3.05) is 20.2 Å². The molecule has 2 rings (SSSR count). The lowest BCUT2D eigenvalue weighted by Gasteiger charge is -2.30. The second-order valence-corrected chi connectivity index (χ2v) is 5.60. The van der Waals surface area contributed by atoms with Gasteiger partial charge in [0.1, 0.15) is 0 Å². The van der Waals surface area contributed by atoms with Crippen molar-refractivity contribution in [3.05, 3.63) is 29.6 Å². The normalized spacial score (nSPS) is 21.9. The fraction of sp³-hybridized carbons (Fsp3) is 0.562. The number of nitrogens with one attached hydrogen (secondary N) is 1. The minimum atomic E-state index is -0.525. The summed E-state index contributed by atoms with van der Waals surface area (Å²) in [6.07, 6.45) is 4.64. The van der Waals surface area contributed by atoms with Gasteiger partial charge in [-0.15, -0.1) is 0 Å². The van der Waals surface area contributed by atoms with Gasteiger partial charge in [-0.1, -0.05) is 12.8 Å². The zero-order chi connectivity index (χ0) is 15.2. The molecule has 0 aromatic heterocycles. The van der Waals surface area contributed by atoms with E-state index in [4.69, 9.17) is 10.5 Å². The molecule has 1 amide bonds. The third-order valence-electron chi connectivity index (χ3n) is 4.31. The largest absolute Gasteiger partial charge is 0.494 e. The molecule has 21 heavy (non-hydrogen) atoms. The summed E-state index contributed by atoms with van der Waals surface area (Å²) in [6, 6.07) is 4.24. The van der Waals surface area contributed by atoms with E-state index in [1.54, 1.807) is 6.07 Å². The number of hydrogen-bond acceptors (Lipinski definition) is 3. The molecule has 1 aromatic rings. The van der Waals surface area contributed by atoms with E-state index in [1.165, 1.54) is 32.1 Å². The molecule has 1 aliphatic carbocycles. The molecule has 5 heteroatoms. The average Bonchev–Trinajstić information content (AvgIpc) is 2.52. The van der Waals surface area contributed by atoms with Gasteiger partial charge in [-0.3, -0.25) is 4.79 Å². The van der Waals surface area contributed by atoms with E-state index in [-0.39, 0.29) is 11.7 Å². The number of halogens is 1. The van der Waals surface area contributed by atoms with Crippen LogP contribution in [0.5, 0.6) is 5.75 Å². The van der Waals surface area contributed by atoms with Gasteiger partial charge in [-0.05, 0) is 49.4 Å². The summed E-state index contributed by atoms with van der Waals surface area (Å²) >= 11 is 0. The number of amides is 1. The third kappa shape index (κ3) is 3.94. The molecular weight excluding hydrogens is 271 g/mol. The molecule has 0 bridgehead atoms. The first-order chi connectivity index (χ1) is 10.2. The van der Waals surface area contributed by atoms with Crippen LogP contribution in [0.15, 0.2) is 18.2 Å². The zero-order valence-electron chi connectivity index (χ0n) is 12.4. The standard InChI is InChI=1S/C16H23FN2O2/c1-21-15-7-6-11(8-14(15)17)16(20)19-10-13-5-3-2-4-12(13)9-18/h6-8,12-13H,2-5,9-10,18H2,1H3,(H,19,20). The molecule has 116 valence electrons. The summed E-state index contributed by atoms with van der Waals surface area (Å²) in [5.41, 5.74) is 6.10. The quantitative estimate of drug-likeness (QED) is 0.876. The fourth-order valence-corrected chi connectivity index (χ4v) is 3.00. The fourth-order valence-electron chi connectivity index (χ4n) is 3.00. The minimum absolute atomic E-state index is 0.141. The predicted molar refractivity (Wildman–Crippen MR) is 79.8 cm³/mol. The van der Waals surface area contributed by atoms with Crippen LogP contribution in [-0.4, -0.2) is 26.1 Å². The number of benzene rings is 1. The Morgan fingerprint density at radius 2 is 2.10 bits per heavy atom. The van der Waals surface area contributed by atoms with Gasteiger partial charge in [-0.25, -0.2) is 4.39 Å². The van der Waals surface area contributed by atoms with E-state index in [0.717, 1.165) is 12.8 Å². The van der Waals surface area contributed by atoms with E-state index >= 15 is 0 Å². The van der Waals surface area contributed by atoms with Crippen LogP contribution in [0, 0.1) is 17.7 Å². The lowest BCUT2D eigenvalue weighted by atomic mass is 9.79. The highest BCUT2D eigenvalue weighted by Gasteiger charge is 2.24. The van der Waals surface area contributed by atoms with Gasteiger partial charge in [0.25, 0.3) is 5.91 Å². The number of hydrogen-bond donors (Lipinski definition) is 2. The minimum Gasteiger partial charge on any atom is -0.494 e. The van der Waals surface area contributed by atoms with Crippen LogP contribution >= 0.6 is 0 Å². The second-order valence-electron chi connectivity index (χ2n) is 5.60. The van der Waals surface area contributed by atoms with Crippen LogP contribution in [0.4, 0.5) is 4.39 Å². The second kappa shape index (κ2) is 7.41. The van der Waals surface area contributed by atoms with Crippen molar-refractivity contribution in [1.29, 1.82) is 0 Å². The first-order valence-electron chi connectivity index (χ1n) is 7.47. The summed E-state index contributed by atoms with van der Waals surface area (Å²) in [5, 5.41) is 2.90. The number of carbonyl (C=O) groups excluding carboxylic acids is 1. The first kappa shape index (κ1) is 15.8. The van der Waals surface area contributed by atoms with Crippen molar-refractivity contribution in [3.63, 3.8) is 0 Å². The Kier molecular flexibility index (Phi) is 5.56. The van der Waals surface area contributed by atoms with Gasteiger partial charge in [0.15, 0.2) is 11.6 Å². The highest BCUT2D eigenvalue weighted by molar-refractivity contribution is 5.94. The van der Waals surface area contributed by atoms with Crippen molar-refractivity contribution in [2.24, 2.45) is 17.6 Å². The molecule has 2 atom stereocenters. The summed E-state index contributed by atoms with van der Waals surface area (Å²) in [7, 11) is 1.40. The Bertz CT molecular complexity index is 493. The molecular formula is C16H23FN2O2. The van der Waals surface area contributed by atoms with Gasteiger partial charge in [0.2, 0.25) is 0 Å². The van der Waals surface area contributed by atoms with Crippen molar-refractivity contribution in [1.82, 2.24) is 5.32 Å². The number of ether oxygens (including phenoxy) is 1. The van der Waals surface area contributed by atoms with Crippen LogP contribution in [0.3, 0.4) is 0 Å². The number of methoxy groups -OCH3 is 1. The Morgan fingerprint density at radius 1 is 1.38 bits per heavy atom. The molecule has 0 aliphatic heterocycles. The molecule has 1 aromatic carbocycles. The molecule has 3 N–H and O–H groups in total. The molecule has 4 nitrogen and oxygen atoms in total. The summed E-state index contributed by atoms with van der Waals surface area (Å²) in [4.78, 5) is 12.1. The lowest BCUT2D eigenvalue weighted by molar-refractivity contribution is 0.0934. The maximum absolute atomic E-state index is 13.6. The van der Waals surface area contributed by atoms with E-state index < -0.39 is 5.82 Å². The van der Waals surface area contributed by atoms with Gasteiger partial charge < -0.3 is 15.8 Å². The molecule has 0 radical (unpaired) electrons. The Balaban J connectivity index is 1.93. The van der Waals surface area contributed by atoms with Crippen molar-refractivity contribution >= 4 is 5.91 Å². The zero-order valence-corrected chi connectivity index (χ0v) is 12.4. The van der Waals surface area contributed by atoms with Gasteiger partial charge >= 0.3 is 0 Å². The van der Waals surface area contributed by atoms with Crippen LogP contribution in [0.1, 0.15) is 36.0 Å². The summed E-state index contributed by atoms with van der Waals surface area (Å²) < 4.78 is 18.4. The van der Waals surface area contributed by atoms with Crippen molar-refractivity contribution in [2.45, 2.75) is 25.7 Å². The maximum atomic E-state index is 13.6. The highest BCUT2D eigenvalue weighted by Crippen LogP contribution is 2.28. The monoisotopic (exact) mass is 294 g/mol. The molecule has 1 saturated carbocycles. The Hall–Kier alpha value is -1.62. The number of rotatable bonds is 5. The SMILES string of the molecule is COc1ccc(C(=O)NCC2CCCCC2CN)cc1F. The van der Waals surface area contributed by atoms with Gasteiger partial charge in [-0.2, -0.15) is 0 Å². The molecule has 0 spiro atoms. The van der Waals surface area contributed by atoms with E-state index in [1.807, 2.05) is 0 Å². The topological polar surface area (TPSA) is 64.3 Å². The van der Waals surface area contributed by atoms with E-state index in [9.17, 15) is 9.18 Å². The molecule has 0 heterocycles. The highest BCUT2D eigenvalue weighted by atomic mass is 19.1. The van der Waals surface area contributed by atoms with Gasteiger partial charge in [0.05, 0.1) is 7.11 Å². The molecule has 0 saturated heterocycles.